The van der Waals surface area contributed by atoms with E-state index in [1.807, 2.05) is 37.3 Å². The molecule has 0 aliphatic carbocycles. The molecule has 0 saturated carbocycles. The molecule has 0 N–H and O–H groups in total. The van der Waals surface area contributed by atoms with Crippen LogP contribution in [0.3, 0.4) is 0 Å². The first-order valence-corrected chi connectivity index (χ1v) is 5.95. The number of hydrogen-bond donors (Lipinski definition) is 0. The van der Waals surface area contributed by atoms with Gasteiger partial charge in [0.05, 0.1) is 18.3 Å². The van der Waals surface area contributed by atoms with Crippen molar-refractivity contribution in [1.82, 2.24) is 4.98 Å². The van der Waals surface area contributed by atoms with Gasteiger partial charge in [0.1, 0.15) is 5.75 Å². The van der Waals surface area contributed by atoms with E-state index in [1.54, 1.807) is 6.20 Å². The van der Waals surface area contributed by atoms with Crippen molar-refractivity contribution in [3.05, 3.63) is 36.5 Å². The number of para-hydroxylation sites is 1. The first-order valence-electron chi connectivity index (χ1n) is 5.95. The van der Waals surface area contributed by atoms with E-state index in [2.05, 4.69) is 4.98 Å². The second-order valence-electron chi connectivity index (χ2n) is 3.76. The molecule has 0 aliphatic rings. The summed E-state index contributed by atoms with van der Waals surface area (Å²) in [5, 5.41) is 1.11. The number of fused-ring (bicyclic) bond motifs is 1. The summed E-state index contributed by atoms with van der Waals surface area (Å²) >= 11 is 0. The number of aromatic nitrogens is 1. The first kappa shape index (κ1) is 11.9. The molecule has 0 radical (unpaired) electrons. The van der Waals surface area contributed by atoms with Crippen molar-refractivity contribution in [2.24, 2.45) is 0 Å². The van der Waals surface area contributed by atoms with Crippen molar-refractivity contribution in [2.75, 3.05) is 19.8 Å². The Balaban J connectivity index is 1.90. The number of hydrogen-bond acceptors (Lipinski definition) is 3. The molecule has 0 fully saturated rings. The smallest absolute Gasteiger partial charge is 0.138 e. The fourth-order valence-electron chi connectivity index (χ4n) is 1.63. The number of nitrogens with zero attached hydrogens (tertiary/aromatic N) is 1. The first-order chi connectivity index (χ1) is 8.40. The zero-order chi connectivity index (χ0) is 11.9. The Labute approximate surface area is 101 Å². The van der Waals surface area contributed by atoms with Crippen LogP contribution in [0.15, 0.2) is 36.5 Å². The highest BCUT2D eigenvalue weighted by atomic mass is 16.5. The third-order valence-corrected chi connectivity index (χ3v) is 2.47. The van der Waals surface area contributed by atoms with Crippen LogP contribution in [-0.2, 0) is 4.74 Å². The molecule has 0 spiro atoms. The van der Waals surface area contributed by atoms with Crippen molar-refractivity contribution >= 4 is 10.9 Å². The zero-order valence-corrected chi connectivity index (χ0v) is 10.1. The van der Waals surface area contributed by atoms with Gasteiger partial charge in [-0.3, -0.25) is 4.98 Å². The van der Waals surface area contributed by atoms with Crippen LogP contribution in [0.4, 0.5) is 0 Å². The topological polar surface area (TPSA) is 31.4 Å². The number of ether oxygens (including phenoxy) is 2. The molecule has 2 aromatic rings. The molecule has 0 saturated heterocycles. The summed E-state index contributed by atoms with van der Waals surface area (Å²) < 4.78 is 10.9. The Morgan fingerprint density at radius 3 is 2.94 bits per heavy atom. The normalized spacial score (nSPS) is 10.6. The van der Waals surface area contributed by atoms with E-state index < -0.39 is 0 Å². The van der Waals surface area contributed by atoms with E-state index in [0.717, 1.165) is 36.3 Å². The quantitative estimate of drug-likeness (QED) is 0.716. The Morgan fingerprint density at radius 2 is 2.06 bits per heavy atom. The second kappa shape index (κ2) is 6.21. The molecule has 2 rings (SSSR count). The predicted molar refractivity (Wildman–Crippen MR) is 68.3 cm³/mol. The zero-order valence-electron chi connectivity index (χ0n) is 10.1. The monoisotopic (exact) mass is 231 g/mol. The van der Waals surface area contributed by atoms with Crippen molar-refractivity contribution in [3.8, 4) is 5.75 Å². The molecule has 90 valence electrons. The van der Waals surface area contributed by atoms with Gasteiger partial charge in [0.15, 0.2) is 0 Å². The van der Waals surface area contributed by atoms with Crippen LogP contribution in [0.25, 0.3) is 10.9 Å². The van der Waals surface area contributed by atoms with Crippen LogP contribution in [0.5, 0.6) is 5.75 Å². The SMILES string of the molecule is CCOCCCOc1cnc2ccccc2c1. The van der Waals surface area contributed by atoms with E-state index in [4.69, 9.17) is 9.47 Å². The summed E-state index contributed by atoms with van der Waals surface area (Å²) in [6.07, 6.45) is 2.67. The Hall–Kier alpha value is -1.61. The fourth-order valence-corrected chi connectivity index (χ4v) is 1.63. The van der Waals surface area contributed by atoms with Gasteiger partial charge in [-0.25, -0.2) is 0 Å². The average Bonchev–Trinajstić information content (AvgIpc) is 2.38. The molecule has 0 bridgehead atoms. The van der Waals surface area contributed by atoms with Crippen LogP contribution in [0.1, 0.15) is 13.3 Å². The van der Waals surface area contributed by atoms with Crippen molar-refractivity contribution in [1.29, 1.82) is 0 Å². The molecule has 0 unspecified atom stereocenters. The molecule has 1 heterocycles. The van der Waals surface area contributed by atoms with Gasteiger partial charge in [-0.2, -0.15) is 0 Å². The average molecular weight is 231 g/mol. The Kier molecular flexibility index (Phi) is 4.33. The summed E-state index contributed by atoms with van der Waals surface area (Å²) in [7, 11) is 0. The predicted octanol–water partition coefficient (Wildman–Crippen LogP) is 3.04. The summed E-state index contributed by atoms with van der Waals surface area (Å²) in [5.41, 5.74) is 0.995. The molecule has 3 heteroatoms. The maximum atomic E-state index is 5.62. The van der Waals surface area contributed by atoms with Gasteiger partial charge in [0.25, 0.3) is 0 Å². The van der Waals surface area contributed by atoms with E-state index in [9.17, 15) is 0 Å². The van der Waals surface area contributed by atoms with Crippen molar-refractivity contribution < 1.29 is 9.47 Å². The third kappa shape index (κ3) is 3.43. The van der Waals surface area contributed by atoms with Crippen molar-refractivity contribution in [2.45, 2.75) is 13.3 Å². The van der Waals surface area contributed by atoms with Crippen LogP contribution in [0, 0.1) is 0 Å². The lowest BCUT2D eigenvalue weighted by Gasteiger charge is -2.06. The molecule has 1 aromatic heterocycles. The summed E-state index contributed by atoms with van der Waals surface area (Å²) in [5.74, 6) is 0.820. The minimum absolute atomic E-state index is 0.667. The van der Waals surface area contributed by atoms with Gasteiger partial charge in [-0.15, -0.1) is 0 Å². The van der Waals surface area contributed by atoms with Crippen LogP contribution in [-0.4, -0.2) is 24.8 Å². The van der Waals surface area contributed by atoms with Gasteiger partial charge in [-0.1, -0.05) is 18.2 Å². The second-order valence-corrected chi connectivity index (χ2v) is 3.76. The molecule has 0 amide bonds. The van der Waals surface area contributed by atoms with E-state index in [-0.39, 0.29) is 0 Å². The lowest BCUT2D eigenvalue weighted by molar-refractivity contribution is 0.131. The highest BCUT2D eigenvalue weighted by molar-refractivity contribution is 5.79. The van der Waals surface area contributed by atoms with Gasteiger partial charge in [0.2, 0.25) is 0 Å². The maximum absolute atomic E-state index is 5.62. The Bertz CT molecular complexity index is 470. The van der Waals surface area contributed by atoms with Crippen LogP contribution in [0.2, 0.25) is 0 Å². The molecule has 17 heavy (non-hydrogen) atoms. The van der Waals surface area contributed by atoms with E-state index >= 15 is 0 Å². The van der Waals surface area contributed by atoms with Gasteiger partial charge in [-0.05, 0) is 19.1 Å². The van der Waals surface area contributed by atoms with Crippen LogP contribution >= 0.6 is 0 Å². The minimum Gasteiger partial charge on any atom is -0.492 e. The highest BCUT2D eigenvalue weighted by Gasteiger charge is 1.98. The molecular formula is C14H17NO2. The van der Waals surface area contributed by atoms with Gasteiger partial charge in [0, 0.05) is 25.0 Å². The minimum atomic E-state index is 0.667. The summed E-state index contributed by atoms with van der Waals surface area (Å²) in [6, 6.07) is 10.0. The summed E-state index contributed by atoms with van der Waals surface area (Å²) in [6.45, 7) is 4.17. The maximum Gasteiger partial charge on any atom is 0.138 e. The van der Waals surface area contributed by atoms with E-state index in [0.29, 0.717) is 6.61 Å². The molecule has 0 aliphatic heterocycles. The fraction of sp³-hybridized carbons (Fsp3) is 0.357. The van der Waals surface area contributed by atoms with Crippen LogP contribution < -0.4 is 4.74 Å². The molecule has 0 atom stereocenters. The number of pyridine rings is 1. The lowest BCUT2D eigenvalue weighted by Crippen LogP contribution is -2.03. The third-order valence-electron chi connectivity index (χ3n) is 2.47. The number of benzene rings is 1. The molecule has 1 aromatic carbocycles. The molecule has 3 nitrogen and oxygen atoms in total. The van der Waals surface area contributed by atoms with E-state index in [1.165, 1.54) is 0 Å². The Morgan fingerprint density at radius 1 is 1.18 bits per heavy atom. The van der Waals surface area contributed by atoms with Gasteiger partial charge >= 0.3 is 0 Å². The molecular weight excluding hydrogens is 214 g/mol. The van der Waals surface area contributed by atoms with Crippen molar-refractivity contribution in [3.63, 3.8) is 0 Å². The standard InChI is InChI=1S/C14H17NO2/c1-2-16-8-5-9-17-13-10-12-6-3-4-7-14(12)15-11-13/h3-4,6-7,10-11H,2,5,8-9H2,1H3. The number of rotatable bonds is 6. The highest BCUT2D eigenvalue weighted by Crippen LogP contribution is 2.17. The summed E-state index contributed by atoms with van der Waals surface area (Å²) in [4.78, 5) is 4.34. The lowest BCUT2D eigenvalue weighted by atomic mass is 10.2. The largest absolute Gasteiger partial charge is 0.492 e. The van der Waals surface area contributed by atoms with Gasteiger partial charge < -0.3 is 9.47 Å².